The normalized spacial score (nSPS) is 18.9. The number of rotatable bonds is 3. The van der Waals surface area contributed by atoms with E-state index in [1.54, 1.807) is 0 Å². The van der Waals surface area contributed by atoms with Crippen LogP contribution in [-0.2, 0) is 4.74 Å². The van der Waals surface area contributed by atoms with Crippen LogP contribution in [0.3, 0.4) is 0 Å². The van der Waals surface area contributed by atoms with E-state index in [0.29, 0.717) is 0 Å². The Balaban J connectivity index is 3.08. The van der Waals surface area contributed by atoms with Crippen LogP contribution in [0.15, 0.2) is 23.3 Å². The van der Waals surface area contributed by atoms with Crippen molar-refractivity contribution in [3.05, 3.63) is 23.3 Å². The van der Waals surface area contributed by atoms with Crippen molar-refractivity contribution < 1.29 is 4.74 Å². The summed E-state index contributed by atoms with van der Waals surface area (Å²) in [6, 6.07) is 0. The van der Waals surface area contributed by atoms with Gasteiger partial charge in [-0.25, -0.2) is 0 Å². The second-order valence-electron chi connectivity index (χ2n) is 8.76. The second kappa shape index (κ2) is 5.67. The molecule has 0 unspecified atom stereocenters. The molecule has 0 aliphatic heterocycles. The standard InChI is InChI=1S/C19H34O/c1-10-19(8,9)20-16-12-14(17(2,3)4)11-15(13-16)18(5,6)7/h12-13,16H,10-11H2,1-9H3. The molecule has 1 aliphatic rings. The van der Waals surface area contributed by atoms with Gasteiger partial charge >= 0.3 is 0 Å². The molecule has 0 N–H and O–H groups in total. The quantitative estimate of drug-likeness (QED) is 0.583. The summed E-state index contributed by atoms with van der Waals surface area (Å²) in [5.41, 5.74) is 3.36. The Hall–Kier alpha value is -0.560. The van der Waals surface area contributed by atoms with E-state index in [-0.39, 0.29) is 22.5 Å². The molecule has 0 aromatic heterocycles. The lowest BCUT2D eigenvalue weighted by Crippen LogP contribution is -2.31. The van der Waals surface area contributed by atoms with E-state index in [1.807, 2.05) is 0 Å². The van der Waals surface area contributed by atoms with Gasteiger partial charge in [-0.2, -0.15) is 0 Å². The molecule has 0 radical (unpaired) electrons. The van der Waals surface area contributed by atoms with E-state index in [2.05, 4.69) is 74.5 Å². The van der Waals surface area contributed by atoms with Crippen LogP contribution in [0.2, 0.25) is 0 Å². The Bertz CT molecular complexity index is 366. The van der Waals surface area contributed by atoms with Crippen LogP contribution in [0.5, 0.6) is 0 Å². The van der Waals surface area contributed by atoms with Gasteiger partial charge < -0.3 is 4.74 Å². The molecule has 0 spiro atoms. The minimum absolute atomic E-state index is 0.0685. The topological polar surface area (TPSA) is 9.23 Å². The van der Waals surface area contributed by atoms with Crippen molar-refractivity contribution in [3.8, 4) is 0 Å². The van der Waals surface area contributed by atoms with Crippen molar-refractivity contribution in [2.45, 2.75) is 86.9 Å². The summed E-state index contributed by atoms with van der Waals surface area (Å²) >= 11 is 0. The summed E-state index contributed by atoms with van der Waals surface area (Å²) in [5.74, 6) is 0. The molecule has 1 heteroatoms. The van der Waals surface area contributed by atoms with Gasteiger partial charge in [0.25, 0.3) is 0 Å². The highest BCUT2D eigenvalue weighted by atomic mass is 16.5. The van der Waals surface area contributed by atoms with E-state index in [0.717, 1.165) is 12.8 Å². The lowest BCUT2D eigenvalue weighted by molar-refractivity contribution is -0.0362. The number of hydrogen-bond acceptors (Lipinski definition) is 1. The smallest absolute Gasteiger partial charge is 0.0950 e. The highest BCUT2D eigenvalue weighted by molar-refractivity contribution is 5.32. The fraction of sp³-hybridized carbons (Fsp3) is 0.789. The minimum atomic E-state index is -0.0685. The average Bonchev–Trinajstić information content (AvgIpc) is 2.25. The van der Waals surface area contributed by atoms with Gasteiger partial charge in [0.15, 0.2) is 0 Å². The molecule has 0 atom stereocenters. The van der Waals surface area contributed by atoms with Crippen LogP contribution in [0, 0.1) is 10.8 Å². The van der Waals surface area contributed by atoms with E-state index >= 15 is 0 Å². The third-order valence-electron chi connectivity index (χ3n) is 4.35. The third kappa shape index (κ3) is 4.77. The van der Waals surface area contributed by atoms with Crippen LogP contribution in [0.25, 0.3) is 0 Å². The molecule has 1 aliphatic carbocycles. The summed E-state index contributed by atoms with van der Waals surface area (Å²) in [5, 5.41) is 0. The second-order valence-corrected chi connectivity index (χ2v) is 8.76. The first-order valence-electron chi connectivity index (χ1n) is 7.95. The van der Waals surface area contributed by atoms with E-state index in [4.69, 9.17) is 4.74 Å². The van der Waals surface area contributed by atoms with Gasteiger partial charge in [-0.15, -0.1) is 0 Å². The molecule has 0 aromatic carbocycles. The average molecular weight is 278 g/mol. The summed E-state index contributed by atoms with van der Waals surface area (Å²) in [7, 11) is 0. The monoisotopic (exact) mass is 278 g/mol. The molecular formula is C19H34O. The molecule has 116 valence electrons. The van der Waals surface area contributed by atoms with Crippen LogP contribution in [0.4, 0.5) is 0 Å². The Morgan fingerprint density at radius 2 is 1.30 bits per heavy atom. The fourth-order valence-electron chi connectivity index (χ4n) is 2.32. The Morgan fingerprint density at radius 3 is 1.60 bits per heavy atom. The van der Waals surface area contributed by atoms with Crippen LogP contribution in [0.1, 0.15) is 75.2 Å². The highest BCUT2D eigenvalue weighted by Crippen LogP contribution is 2.41. The van der Waals surface area contributed by atoms with Gasteiger partial charge in [-0.05, 0) is 37.5 Å². The predicted molar refractivity (Wildman–Crippen MR) is 88.9 cm³/mol. The van der Waals surface area contributed by atoms with Gasteiger partial charge in [0.1, 0.15) is 0 Å². The summed E-state index contributed by atoms with van der Waals surface area (Å²) in [6.07, 6.45) is 6.90. The van der Waals surface area contributed by atoms with Crippen LogP contribution < -0.4 is 0 Å². The zero-order valence-corrected chi connectivity index (χ0v) is 15.1. The maximum atomic E-state index is 6.33. The molecule has 20 heavy (non-hydrogen) atoms. The summed E-state index contributed by atoms with van der Waals surface area (Å²) < 4.78 is 6.33. The van der Waals surface area contributed by atoms with E-state index < -0.39 is 0 Å². The van der Waals surface area contributed by atoms with Gasteiger partial charge in [0.2, 0.25) is 0 Å². The third-order valence-corrected chi connectivity index (χ3v) is 4.35. The molecule has 0 saturated carbocycles. The van der Waals surface area contributed by atoms with E-state index in [1.165, 1.54) is 11.1 Å². The van der Waals surface area contributed by atoms with Crippen molar-refractivity contribution in [3.63, 3.8) is 0 Å². The SMILES string of the molecule is CCC(C)(C)OC1C=C(C(C)(C)C)CC(C(C)(C)C)=C1. The molecule has 1 nitrogen and oxygen atoms in total. The first kappa shape index (κ1) is 17.5. The Labute approximate surface area is 126 Å². The summed E-state index contributed by atoms with van der Waals surface area (Å²) in [6.45, 7) is 20.3. The van der Waals surface area contributed by atoms with Crippen molar-refractivity contribution in [1.82, 2.24) is 0 Å². The fourth-order valence-corrected chi connectivity index (χ4v) is 2.32. The molecule has 0 amide bonds. The Morgan fingerprint density at radius 1 is 0.900 bits per heavy atom. The maximum absolute atomic E-state index is 6.33. The molecule has 0 heterocycles. The Kier molecular flexibility index (Phi) is 4.96. The zero-order chi connectivity index (χ0) is 15.8. The molecule has 0 aromatic rings. The predicted octanol–water partition coefficient (Wildman–Crippen LogP) is 5.91. The van der Waals surface area contributed by atoms with Crippen molar-refractivity contribution in [2.75, 3.05) is 0 Å². The number of hydrogen-bond donors (Lipinski definition) is 0. The first-order chi connectivity index (χ1) is 8.85. The molecule has 1 rings (SSSR count). The molecular weight excluding hydrogens is 244 g/mol. The number of ether oxygens (including phenoxy) is 1. The molecule has 0 fully saturated rings. The molecule has 0 bridgehead atoms. The summed E-state index contributed by atoms with van der Waals surface area (Å²) in [4.78, 5) is 0. The first-order valence-corrected chi connectivity index (χ1v) is 7.95. The van der Waals surface area contributed by atoms with Crippen LogP contribution in [-0.4, -0.2) is 11.7 Å². The van der Waals surface area contributed by atoms with Crippen molar-refractivity contribution >= 4 is 0 Å². The zero-order valence-electron chi connectivity index (χ0n) is 15.1. The van der Waals surface area contributed by atoms with Crippen LogP contribution >= 0.6 is 0 Å². The van der Waals surface area contributed by atoms with Gasteiger partial charge in [-0.1, -0.05) is 71.8 Å². The van der Waals surface area contributed by atoms with Gasteiger partial charge in [0, 0.05) is 0 Å². The lowest BCUT2D eigenvalue weighted by atomic mass is 9.73. The van der Waals surface area contributed by atoms with Gasteiger partial charge in [0.05, 0.1) is 11.7 Å². The van der Waals surface area contributed by atoms with Gasteiger partial charge in [-0.3, -0.25) is 0 Å². The number of allylic oxidation sites excluding steroid dienone is 2. The maximum Gasteiger partial charge on any atom is 0.0950 e. The minimum Gasteiger partial charge on any atom is -0.364 e. The van der Waals surface area contributed by atoms with Crippen molar-refractivity contribution in [1.29, 1.82) is 0 Å². The molecule has 0 saturated heterocycles. The lowest BCUT2D eigenvalue weighted by Gasteiger charge is -2.37. The van der Waals surface area contributed by atoms with Crippen molar-refractivity contribution in [2.24, 2.45) is 10.8 Å². The largest absolute Gasteiger partial charge is 0.364 e. The highest BCUT2D eigenvalue weighted by Gasteiger charge is 2.30. The van der Waals surface area contributed by atoms with E-state index in [9.17, 15) is 0 Å².